The molecule has 2 aromatic rings. The summed E-state index contributed by atoms with van der Waals surface area (Å²) in [5.41, 5.74) is 1.57. The van der Waals surface area contributed by atoms with E-state index in [1.165, 1.54) is 0 Å². The second-order valence-electron chi connectivity index (χ2n) is 6.50. The third-order valence-electron chi connectivity index (χ3n) is 4.08. The zero-order chi connectivity index (χ0) is 16.4. The molecule has 1 aromatic heterocycles. The molecule has 0 aliphatic carbocycles. The average molecular weight is 330 g/mol. The van der Waals surface area contributed by atoms with Crippen LogP contribution in [0.25, 0.3) is 0 Å². The monoisotopic (exact) mass is 330 g/mol. The van der Waals surface area contributed by atoms with Gasteiger partial charge in [0, 0.05) is 18.3 Å². The first-order valence-corrected chi connectivity index (χ1v) is 8.91. The zero-order valence-corrected chi connectivity index (χ0v) is 14.3. The van der Waals surface area contributed by atoms with Crippen molar-refractivity contribution in [3.63, 3.8) is 0 Å². The lowest BCUT2D eigenvalue weighted by atomic mass is 10.0. The van der Waals surface area contributed by atoms with Crippen molar-refractivity contribution in [2.24, 2.45) is 5.92 Å². The Morgan fingerprint density at radius 2 is 2.13 bits per heavy atom. The van der Waals surface area contributed by atoms with Crippen LogP contribution in [0.5, 0.6) is 0 Å². The van der Waals surface area contributed by atoms with Crippen molar-refractivity contribution in [1.29, 1.82) is 0 Å². The van der Waals surface area contributed by atoms with E-state index < -0.39 is 6.10 Å². The first-order chi connectivity index (χ1) is 11.0. The summed E-state index contributed by atoms with van der Waals surface area (Å²) >= 11 is 1.54. The molecule has 0 spiro atoms. The molecular formula is C18H22N2O2S. The van der Waals surface area contributed by atoms with Crippen LogP contribution in [0.15, 0.2) is 35.7 Å². The number of carbonyl (C=O) groups excluding carboxylic acids is 1. The molecule has 2 atom stereocenters. The highest BCUT2D eigenvalue weighted by Crippen LogP contribution is 2.33. The number of benzene rings is 1. The molecule has 4 nitrogen and oxygen atoms in total. The average Bonchev–Trinajstić information content (AvgIpc) is 3.13. The molecule has 0 radical (unpaired) electrons. The maximum atomic E-state index is 12.8. The maximum absolute atomic E-state index is 12.8. The van der Waals surface area contributed by atoms with Crippen molar-refractivity contribution >= 4 is 17.2 Å². The second-order valence-corrected chi connectivity index (χ2v) is 7.44. The molecule has 1 N–H and O–H groups in total. The Morgan fingerprint density at radius 1 is 1.39 bits per heavy atom. The van der Waals surface area contributed by atoms with Gasteiger partial charge in [-0.15, -0.1) is 11.3 Å². The predicted octanol–water partition coefficient (Wildman–Crippen LogP) is 3.29. The topological polar surface area (TPSA) is 53.4 Å². The number of aromatic nitrogens is 1. The number of carbonyl (C=O) groups is 1. The molecule has 3 rings (SSSR count). The molecule has 1 fully saturated rings. The van der Waals surface area contributed by atoms with Gasteiger partial charge in [0.15, 0.2) is 0 Å². The standard InChI is InChI=1S/C18H22N2O2S/c1-12(2)8-17-19-15(11-23-17)18(22)20-10-14(21)9-16(20)13-6-4-3-5-7-13/h3-7,11-12,14,16,21H,8-10H2,1-2H3. The number of thiazole rings is 1. The highest BCUT2D eigenvalue weighted by Gasteiger charge is 2.36. The minimum Gasteiger partial charge on any atom is -0.391 e. The quantitative estimate of drug-likeness (QED) is 0.936. The fourth-order valence-electron chi connectivity index (χ4n) is 3.03. The van der Waals surface area contributed by atoms with Crippen LogP contribution in [0, 0.1) is 5.92 Å². The van der Waals surface area contributed by atoms with Crippen molar-refractivity contribution in [3.8, 4) is 0 Å². The predicted molar refractivity (Wildman–Crippen MR) is 91.5 cm³/mol. The van der Waals surface area contributed by atoms with E-state index in [9.17, 15) is 9.90 Å². The Balaban J connectivity index is 1.81. The van der Waals surface area contributed by atoms with Gasteiger partial charge >= 0.3 is 0 Å². The molecule has 2 heterocycles. The molecule has 1 saturated heterocycles. The summed E-state index contributed by atoms with van der Waals surface area (Å²) in [7, 11) is 0. The Kier molecular flexibility index (Phi) is 4.78. The molecule has 0 bridgehead atoms. The summed E-state index contributed by atoms with van der Waals surface area (Å²) in [6, 6.07) is 9.83. The lowest BCUT2D eigenvalue weighted by Crippen LogP contribution is -2.32. The van der Waals surface area contributed by atoms with E-state index >= 15 is 0 Å². The maximum Gasteiger partial charge on any atom is 0.273 e. The summed E-state index contributed by atoms with van der Waals surface area (Å²) in [5.74, 6) is 0.441. The van der Waals surface area contributed by atoms with Crippen molar-refractivity contribution in [2.45, 2.75) is 38.8 Å². The first kappa shape index (κ1) is 16.1. The molecule has 5 heteroatoms. The molecule has 1 aromatic carbocycles. The smallest absolute Gasteiger partial charge is 0.273 e. The molecule has 122 valence electrons. The van der Waals surface area contributed by atoms with Crippen molar-refractivity contribution in [3.05, 3.63) is 52.0 Å². The second kappa shape index (κ2) is 6.81. The van der Waals surface area contributed by atoms with Crippen LogP contribution in [0.2, 0.25) is 0 Å². The van der Waals surface area contributed by atoms with Gasteiger partial charge in [0.1, 0.15) is 5.69 Å². The van der Waals surface area contributed by atoms with Gasteiger partial charge in [-0.3, -0.25) is 4.79 Å². The Morgan fingerprint density at radius 3 is 2.83 bits per heavy atom. The van der Waals surface area contributed by atoms with E-state index in [1.54, 1.807) is 16.2 Å². The summed E-state index contributed by atoms with van der Waals surface area (Å²) < 4.78 is 0. The molecule has 0 saturated carbocycles. The van der Waals surface area contributed by atoms with E-state index in [0.29, 0.717) is 24.6 Å². The van der Waals surface area contributed by atoms with Gasteiger partial charge in [0.25, 0.3) is 5.91 Å². The van der Waals surface area contributed by atoms with Crippen molar-refractivity contribution in [1.82, 2.24) is 9.88 Å². The van der Waals surface area contributed by atoms with Crippen LogP contribution in [0.1, 0.15) is 47.4 Å². The number of amides is 1. The third-order valence-corrected chi connectivity index (χ3v) is 4.95. The summed E-state index contributed by atoms with van der Waals surface area (Å²) in [6.07, 6.45) is 0.999. The van der Waals surface area contributed by atoms with Gasteiger partial charge in [-0.2, -0.15) is 0 Å². The lowest BCUT2D eigenvalue weighted by molar-refractivity contribution is 0.0710. The number of rotatable bonds is 4. The van der Waals surface area contributed by atoms with Crippen LogP contribution < -0.4 is 0 Å². The fraction of sp³-hybridized carbons (Fsp3) is 0.444. The highest BCUT2D eigenvalue weighted by molar-refractivity contribution is 7.09. The van der Waals surface area contributed by atoms with Crippen LogP contribution >= 0.6 is 11.3 Å². The van der Waals surface area contributed by atoms with Crippen LogP contribution in [0.3, 0.4) is 0 Å². The minimum absolute atomic E-state index is 0.0750. The Bertz CT molecular complexity index is 669. The molecular weight excluding hydrogens is 308 g/mol. The lowest BCUT2D eigenvalue weighted by Gasteiger charge is -2.24. The van der Waals surface area contributed by atoms with E-state index in [-0.39, 0.29) is 11.9 Å². The van der Waals surface area contributed by atoms with Crippen molar-refractivity contribution < 1.29 is 9.90 Å². The number of hydrogen-bond donors (Lipinski definition) is 1. The first-order valence-electron chi connectivity index (χ1n) is 8.03. The van der Waals surface area contributed by atoms with Crippen LogP contribution in [0.4, 0.5) is 0 Å². The summed E-state index contributed by atoms with van der Waals surface area (Å²) in [4.78, 5) is 19.1. The molecule has 1 aliphatic heterocycles. The third kappa shape index (κ3) is 3.62. The zero-order valence-electron chi connectivity index (χ0n) is 13.5. The van der Waals surface area contributed by atoms with Gasteiger partial charge in [0.2, 0.25) is 0 Å². The highest BCUT2D eigenvalue weighted by atomic mass is 32.1. The van der Waals surface area contributed by atoms with Gasteiger partial charge in [-0.05, 0) is 17.9 Å². The molecule has 2 unspecified atom stereocenters. The van der Waals surface area contributed by atoms with Crippen LogP contribution in [-0.2, 0) is 6.42 Å². The van der Waals surface area contributed by atoms with Gasteiger partial charge in [0.05, 0.1) is 17.2 Å². The number of aliphatic hydroxyl groups excluding tert-OH is 1. The number of hydrogen-bond acceptors (Lipinski definition) is 4. The van der Waals surface area contributed by atoms with E-state index in [0.717, 1.165) is 17.0 Å². The van der Waals surface area contributed by atoms with E-state index in [4.69, 9.17) is 0 Å². The summed E-state index contributed by atoms with van der Waals surface area (Å²) in [5, 5.41) is 12.9. The number of nitrogens with zero attached hydrogens (tertiary/aromatic N) is 2. The molecule has 23 heavy (non-hydrogen) atoms. The summed E-state index contributed by atoms with van der Waals surface area (Å²) in [6.45, 7) is 4.66. The van der Waals surface area contributed by atoms with Crippen LogP contribution in [-0.4, -0.2) is 33.5 Å². The number of β-amino-alcohol motifs (C(OH)–C–C–N with tert-alkyl or cyclic N) is 1. The Labute approximate surface area is 140 Å². The van der Waals surface area contributed by atoms with Gasteiger partial charge in [-0.25, -0.2) is 4.98 Å². The minimum atomic E-state index is -0.474. The molecule has 1 amide bonds. The van der Waals surface area contributed by atoms with Crippen molar-refractivity contribution in [2.75, 3.05) is 6.54 Å². The van der Waals surface area contributed by atoms with Gasteiger partial charge in [-0.1, -0.05) is 44.2 Å². The number of likely N-dealkylation sites (tertiary alicyclic amines) is 1. The normalized spacial score (nSPS) is 21.1. The molecule has 1 aliphatic rings. The van der Waals surface area contributed by atoms with Gasteiger partial charge < -0.3 is 10.0 Å². The van der Waals surface area contributed by atoms with E-state index in [2.05, 4.69) is 18.8 Å². The largest absolute Gasteiger partial charge is 0.391 e. The van der Waals surface area contributed by atoms with E-state index in [1.807, 2.05) is 35.7 Å². The fourth-order valence-corrected chi connectivity index (χ4v) is 4.01. The number of aliphatic hydroxyl groups is 1. The Hall–Kier alpha value is -1.72. The SMILES string of the molecule is CC(C)Cc1nc(C(=O)N2CC(O)CC2c2ccccc2)cs1.